The highest BCUT2D eigenvalue weighted by molar-refractivity contribution is 5.50. The van der Waals surface area contributed by atoms with Gasteiger partial charge in [0.25, 0.3) is 0 Å². The Hall–Kier alpha value is -0.570. The number of aliphatic hydroxyl groups is 1. The predicted octanol–water partition coefficient (Wildman–Crippen LogP) is 1.41. The molecular weight excluding hydrogens is 178 g/mol. The van der Waals surface area contributed by atoms with E-state index < -0.39 is 0 Å². The first-order chi connectivity index (χ1) is 6.49. The molecule has 82 valence electrons. The largest absolute Gasteiger partial charge is 0.394 e. The first kappa shape index (κ1) is 11.5. The quantitative estimate of drug-likeness (QED) is 0.695. The van der Waals surface area contributed by atoms with Gasteiger partial charge >= 0.3 is 0 Å². The summed E-state index contributed by atoms with van der Waals surface area (Å²) in [5.41, 5.74) is -0.154. The number of carbonyl (C=O) groups is 1. The lowest BCUT2D eigenvalue weighted by atomic mass is 9.82. The Morgan fingerprint density at radius 2 is 2.14 bits per heavy atom. The zero-order valence-corrected chi connectivity index (χ0v) is 9.42. The molecule has 1 N–H and O–H groups in total. The average Bonchev–Trinajstić information content (AvgIpc) is 2.38. The fraction of sp³-hybridized carbons (Fsp3) is 0.909. The Labute approximate surface area is 86.1 Å². The van der Waals surface area contributed by atoms with Gasteiger partial charge < -0.3 is 10.0 Å². The molecule has 0 radical (unpaired) electrons. The van der Waals surface area contributed by atoms with Crippen LogP contribution >= 0.6 is 0 Å². The summed E-state index contributed by atoms with van der Waals surface area (Å²) in [5, 5.41) is 9.48. The zero-order valence-electron chi connectivity index (χ0n) is 9.42. The monoisotopic (exact) mass is 199 g/mol. The maximum atomic E-state index is 11.0. The first-order valence-corrected chi connectivity index (χ1v) is 5.32. The van der Waals surface area contributed by atoms with E-state index in [4.69, 9.17) is 0 Å². The molecule has 1 aliphatic rings. The second-order valence-electron chi connectivity index (χ2n) is 5.21. The van der Waals surface area contributed by atoms with Crippen LogP contribution in [0.5, 0.6) is 0 Å². The molecule has 0 aromatic heterocycles. The van der Waals surface area contributed by atoms with Crippen LogP contribution in [0.25, 0.3) is 0 Å². The minimum absolute atomic E-state index is 0.0863. The van der Waals surface area contributed by atoms with Crippen molar-refractivity contribution in [1.82, 2.24) is 4.90 Å². The van der Waals surface area contributed by atoms with Crippen LogP contribution in [-0.2, 0) is 4.79 Å². The number of likely N-dealkylation sites (tertiary alicyclic amines) is 1. The maximum absolute atomic E-state index is 11.0. The van der Waals surface area contributed by atoms with Crippen molar-refractivity contribution in [2.45, 2.75) is 45.6 Å². The second kappa shape index (κ2) is 3.89. The summed E-state index contributed by atoms with van der Waals surface area (Å²) < 4.78 is 0. The molecule has 1 atom stereocenters. The lowest BCUT2D eigenvalue weighted by Gasteiger charge is -2.34. The van der Waals surface area contributed by atoms with Crippen molar-refractivity contribution in [1.29, 1.82) is 0 Å². The maximum Gasteiger partial charge on any atom is 0.210 e. The van der Waals surface area contributed by atoms with Crippen molar-refractivity contribution in [2.24, 2.45) is 5.41 Å². The number of hydrogen-bond donors (Lipinski definition) is 1. The third kappa shape index (κ3) is 1.92. The molecule has 1 aliphatic heterocycles. The van der Waals surface area contributed by atoms with E-state index in [1.807, 2.05) is 0 Å². The average molecular weight is 199 g/mol. The number of carbonyl (C=O) groups excluding carboxylic acids is 1. The Balaban J connectivity index is 2.87. The third-order valence-electron chi connectivity index (χ3n) is 3.15. The van der Waals surface area contributed by atoms with Gasteiger partial charge in [-0.05, 0) is 18.3 Å². The van der Waals surface area contributed by atoms with Gasteiger partial charge in [-0.2, -0.15) is 0 Å². The Morgan fingerprint density at radius 1 is 1.50 bits per heavy atom. The molecule has 1 heterocycles. The van der Waals surface area contributed by atoms with Crippen LogP contribution in [0.1, 0.15) is 40.0 Å². The number of hydrogen-bond acceptors (Lipinski definition) is 2. The molecule has 1 saturated heterocycles. The number of aliphatic hydroxyl groups excluding tert-OH is 1. The molecule has 0 saturated carbocycles. The number of amides is 1. The van der Waals surface area contributed by atoms with Crippen molar-refractivity contribution in [3.8, 4) is 0 Å². The Morgan fingerprint density at radius 3 is 2.57 bits per heavy atom. The summed E-state index contributed by atoms with van der Waals surface area (Å²) in [5.74, 6) is 0. The standard InChI is InChI=1S/C11H21NO2/c1-4-5-11(8-13)6-10(2,3)7-12(11)9-14/h9,13H,4-8H2,1-3H3. The summed E-state index contributed by atoms with van der Waals surface area (Å²) in [7, 11) is 0. The van der Waals surface area contributed by atoms with Gasteiger partial charge in [0.05, 0.1) is 12.1 Å². The summed E-state index contributed by atoms with van der Waals surface area (Å²) >= 11 is 0. The molecular formula is C11H21NO2. The van der Waals surface area contributed by atoms with E-state index in [1.54, 1.807) is 4.90 Å². The van der Waals surface area contributed by atoms with E-state index in [1.165, 1.54) is 0 Å². The van der Waals surface area contributed by atoms with Crippen molar-refractivity contribution in [3.05, 3.63) is 0 Å². The van der Waals surface area contributed by atoms with Gasteiger partial charge in [-0.3, -0.25) is 4.79 Å². The van der Waals surface area contributed by atoms with Crippen LogP contribution in [0.2, 0.25) is 0 Å². The predicted molar refractivity (Wildman–Crippen MR) is 55.9 cm³/mol. The highest BCUT2D eigenvalue weighted by Gasteiger charge is 2.47. The van der Waals surface area contributed by atoms with Gasteiger partial charge in [-0.1, -0.05) is 27.2 Å². The molecule has 0 aromatic rings. The Kier molecular flexibility index (Phi) is 3.20. The fourth-order valence-electron chi connectivity index (χ4n) is 2.75. The molecule has 1 rings (SSSR count). The molecule has 3 nitrogen and oxygen atoms in total. The van der Waals surface area contributed by atoms with Gasteiger partial charge in [0.2, 0.25) is 6.41 Å². The molecule has 0 bridgehead atoms. The van der Waals surface area contributed by atoms with Crippen LogP contribution in [0, 0.1) is 5.41 Å². The molecule has 1 amide bonds. The zero-order chi connectivity index (χ0) is 10.8. The van der Waals surface area contributed by atoms with Gasteiger partial charge in [-0.25, -0.2) is 0 Å². The van der Waals surface area contributed by atoms with Crippen LogP contribution < -0.4 is 0 Å². The summed E-state index contributed by atoms with van der Waals surface area (Å²) in [6.07, 6.45) is 3.69. The van der Waals surface area contributed by atoms with E-state index in [0.29, 0.717) is 0 Å². The lowest BCUT2D eigenvalue weighted by molar-refractivity contribution is -0.123. The van der Waals surface area contributed by atoms with Gasteiger partial charge in [-0.15, -0.1) is 0 Å². The molecule has 3 heteroatoms. The van der Waals surface area contributed by atoms with Crippen molar-refractivity contribution in [3.63, 3.8) is 0 Å². The molecule has 0 aromatic carbocycles. The molecule has 1 unspecified atom stereocenters. The van der Waals surface area contributed by atoms with E-state index in [-0.39, 0.29) is 17.6 Å². The van der Waals surface area contributed by atoms with Gasteiger partial charge in [0, 0.05) is 6.54 Å². The van der Waals surface area contributed by atoms with E-state index >= 15 is 0 Å². The molecule has 14 heavy (non-hydrogen) atoms. The van der Waals surface area contributed by atoms with Crippen molar-refractivity contribution < 1.29 is 9.90 Å². The Bertz CT molecular complexity index is 215. The highest BCUT2D eigenvalue weighted by Crippen LogP contribution is 2.42. The smallest absolute Gasteiger partial charge is 0.210 e. The van der Waals surface area contributed by atoms with Crippen molar-refractivity contribution >= 4 is 6.41 Å². The summed E-state index contributed by atoms with van der Waals surface area (Å²) in [6.45, 7) is 7.24. The minimum atomic E-state index is -0.292. The third-order valence-corrected chi connectivity index (χ3v) is 3.15. The SMILES string of the molecule is CCCC1(CO)CC(C)(C)CN1C=O. The van der Waals surface area contributed by atoms with Gasteiger partial charge in [0.15, 0.2) is 0 Å². The van der Waals surface area contributed by atoms with E-state index in [9.17, 15) is 9.90 Å². The van der Waals surface area contributed by atoms with E-state index in [2.05, 4.69) is 20.8 Å². The number of rotatable bonds is 4. The molecule has 0 aliphatic carbocycles. The van der Waals surface area contributed by atoms with Crippen LogP contribution in [0.4, 0.5) is 0 Å². The first-order valence-electron chi connectivity index (χ1n) is 5.32. The van der Waals surface area contributed by atoms with Crippen molar-refractivity contribution in [2.75, 3.05) is 13.2 Å². The topological polar surface area (TPSA) is 40.5 Å². The highest BCUT2D eigenvalue weighted by atomic mass is 16.3. The fourth-order valence-corrected chi connectivity index (χ4v) is 2.75. The lowest BCUT2D eigenvalue weighted by Crippen LogP contribution is -2.46. The number of nitrogens with zero attached hydrogens (tertiary/aromatic N) is 1. The summed E-state index contributed by atoms with van der Waals surface area (Å²) in [4.78, 5) is 12.7. The van der Waals surface area contributed by atoms with E-state index in [0.717, 1.165) is 32.2 Å². The van der Waals surface area contributed by atoms with Crippen LogP contribution in [0.3, 0.4) is 0 Å². The van der Waals surface area contributed by atoms with Gasteiger partial charge in [0.1, 0.15) is 0 Å². The molecule has 0 spiro atoms. The second-order valence-corrected chi connectivity index (χ2v) is 5.21. The molecule has 1 fully saturated rings. The normalized spacial score (nSPS) is 30.7. The summed E-state index contributed by atoms with van der Waals surface area (Å²) in [6, 6.07) is 0. The minimum Gasteiger partial charge on any atom is -0.394 e. The van der Waals surface area contributed by atoms with Crippen LogP contribution in [-0.4, -0.2) is 35.1 Å². The van der Waals surface area contributed by atoms with Crippen LogP contribution in [0.15, 0.2) is 0 Å².